The minimum Gasteiger partial charge on any atom is -0.486 e. The van der Waals surface area contributed by atoms with Crippen LogP contribution in [0, 0.1) is 18.3 Å². The number of nitrogens with zero attached hydrogens (tertiary/aromatic N) is 3. The molecule has 1 aromatic carbocycles. The second-order valence-corrected chi connectivity index (χ2v) is 6.50. The van der Waals surface area contributed by atoms with Gasteiger partial charge in [0.1, 0.15) is 24.0 Å². The molecule has 0 saturated carbocycles. The summed E-state index contributed by atoms with van der Waals surface area (Å²) >= 11 is 7.09. The smallest absolute Gasteiger partial charge is 0.208 e. The van der Waals surface area contributed by atoms with Crippen molar-refractivity contribution >= 4 is 29.1 Å². The number of ketones is 1. The molecule has 0 radical (unpaired) electrons. The molecule has 0 fully saturated rings. The van der Waals surface area contributed by atoms with E-state index >= 15 is 0 Å². The fraction of sp³-hybridized carbons (Fsp3) is 0.250. The molecule has 9 heteroatoms. The molecule has 2 rings (SSSR count). The molecular formula is C16H16ClN5O2S. The maximum absolute atomic E-state index is 11.9. The van der Waals surface area contributed by atoms with Crippen molar-refractivity contribution in [2.24, 2.45) is 5.73 Å². The Labute approximate surface area is 154 Å². The Kier molecular flexibility index (Phi) is 6.44. The van der Waals surface area contributed by atoms with Gasteiger partial charge in [-0.25, -0.2) is 4.98 Å². The van der Waals surface area contributed by atoms with Crippen molar-refractivity contribution in [3.05, 3.63) is 45.9 Å². The lowest BCUT2D eigenvalue weighted by molar-refractivity contribution is -0.112. The number of carbonyl (C=O) groups excluding carboxylic acids is 1. The molecular weight excluding hydrogens is 362 g/mol. The average Bonchev–Trinajstić information content (AvgIpc) is 3.02. The molecule has 0 unspecified atom stereocenters. The monoisotopic (exact) mass is 377 g/mol. The minimum absolute atomic E-state index is 0.0337. The number of Topliss-reactive ketones (excluding diaryl/α,β-unsaturated/α-hetero) is 1. The van der Waals surface area contributed by atoms with Crippen LogP contribution >= 0.6 is 23.4 Å². The van der Waals surface area contributed by atoms with E-state index in [1.165, 1.54) is 6.92 Å². The number of carbonyl (C=O) groups is 1. The summed E-state index contributed by atoms with van der Waals surface area (Å²) < 4.78 is 5.62. The van der Waals surface area contributed by atoms with Gasteiger partial charge < -0.3 is 10.5 Å². The van der Waals surface area contributed by atoms with Crippen LogP contribution in [-0.2, 0) is 11.4 Å². The van der Waals surface area contributed by atoms with Crippen molar-refractivity contribution in [1.29, 1.82) is 5.26 Å². The molecule has 130 valence electrons. The van der Waals surface area contributed by atoms with E-state index in [0.717, 1.165) is 17.3 Å². The molecule has 7 nitrogen and oxygen atoms in total. The number of aromatic nitrogens is 3. The van der Waals surface area contributed by atoms with Crippen LogP contribution in [0.3, 0.4) is 0 Å². The van der Waals surface area contributed by atoms with Crippen molar-refractivity contribution in [1.82, 2.24) is 15.2 Å². The van der Waals surface area contributed by atoms with Crippen molar-refractivity contribution in [2.45, 2.75) is 25.6 Å². The first kappa shape index (κ1) is 18.8. The molecule has 0 aliphatic carbocycles. The summed E-state index contributed by atoms with van der Waals surface area (Å²) in [5.41, 5.74) is 6.59. The molecule has 25 heavy (non-hydrogen) atoms. The molecule has 1 heterocycles. The van der Waals surface area contributed by atoms with Crippen LogP contribution in [0.4, 0.5) is 0 Å². The molecule has 0 bridgehead atoms. The van der Waals surface area contributed by atoms with Gasteiger partial charge in [-0.15, -0.1) is 5.10 Å². The number of rotatable bonds is 7. The van der Waals surface area contributed by atoms with Gasteiger partial charge in [0.05, 0.1) is 5.75 Å². The number of nitriles is 1. The van der Waals surface area contributed by atoms with Crippen LogP contribution in [0.25, 0.3) is 0 Å². The predicted molar refractivity (Wildman–Crippen MR) is 95.1 cm³/mol. The number of thioether (sulfide) groups is 1. The van der Waals surface area contributed by atoms with E-state index in [1.807, 2.05) is 13.0 Å². The van der Waals surface area contributed by atoms with Gasteiger partial charge >= 0.3 is 0 Å². The van der Waals surface area contributed by atoms with E-state index in [-0.39, 0.29) is 29.4 Å². The first-order valence-electron chi connectivity index (χ1n) is 7.23. The number of nitrogens with one attached hydrogen (secondary N) is 1. The summed E-state index contributed by atoms with van der Waals surface area (Å²) in [5.74, 6) is 0.872. The SMILES string of the molecule is CC(N)=C(C#N)C(=O)CSc1n[nH]c(COc2ccc(Cl)c(C)c2)n1. The van der Waals surface area contributed by atoms with E-state index < -0.39 is 0 Å². The maximum Gasteiger partial charge on any atom is 0.208 e. The molecule has 0 saturated heterocycles. The fourth-order valence-electron chi connectivity index (χ4n) is 1.84. The lowest BCUT2D eigenvalue weighted by Crippen LogP contribution is -2.10. The van der Waals surface area contributed by atoms with Crippen LogP contribution in [-0.4, -0.2) is 26.7 Å². The van der Waals surface area contributed by atoms with Crippen molar-refractivity contribution < 1.29 is 9.53 Å². The second-order valence-electron chi connectivity index (χ2n) is 5.15. The average molecular weight is 378 g/mol. The molecule has 0 amide bonds. The number of aromatic amines is 1. The van der Waals surface area contributed by atoms with Gasteiger partial charge in [0, 0.05) is 10.7 Å². The Morgan fingerprint density at radius 2 is 2.28 bits per heavy atom. The lowest BCUT2D eigenvalue weighted by atomic mass is 10.2. The number of halogens is 1. The Hall–Kier alpha value is -2.50. The van der Waals surface area contributed by atoms with Gasteiger partial charge in [0.2, 0.25) is 5.16 Å². The van der Waals surface area contributed by atoms with E-state index in [2.05, 4.69) is 15.2 Å². The fourth-order valence-corrected chi connectivity index (χ4v) is 2.65. The van der Waals surface area contributed by atoms with E-state index in [1.54, 1.807) is 18.2 Å². The van der Waals surface area contributed by atoms with Gasteiger partial charge in [-0.1, -0.05) is 23.4 Å². The highest BCUT2D eigenvalue weighted by molar-refractivity contribution is 7.99. The summed E-state index contributed by atoms with van der Waals surface area (Å²) in [6.07, 6.45) is 0. The summed E-state index contributed by atoms with van der Waals surface area (Å²) in [6, 6.07) is 7.17. The number of aryl methyl sites for hydroxylation is 1. The number of nitrogens with two attached hydrogens (primary N) is 1. The molecule has 0 aliphatic rings. The third kappa shape index (κ3) is 5.24. The number of hydrogen-bond acceptors (Lipinski definition) is 7. The number of H-pyrrole nitrogens is 1. The number of benzene rings is 1. The third-order valence-electron chi connectivity index (χ3n) is 3.13. The molecule has 0 atom stereocenters. The second kappa shape index (κ2) is 8.55. The van der Waals surface area contributed by atoms with Crippen LogP contribution in [0.1, 0.15) is 18.3 Å². The largest absolute Gasteiger partial charge is 0.486 e. The van der Waals surface area contributed by atoms with Gasteiger partial charge in [-0.05, 0) is 37.6 Å². The van der Waals surface area contributed by atoms with Gasteiger partial charge in [-0.3, -0.25) is 9.89 Å². The Bertz CT molecular complexity index is 852. The predicted octanol–water partition coefficient (Wildman–Crippen LogP) is 2.76. The third-order valence-corrected chi connectivity index (χ3v) is 4.40. The standard InChI is InChI=1S/C16H16ClN5O2S/c1-9-5-11(3-4-13(9)17)24-7-15-20-16(22-21-15)25-8-14(23)12(6-18)10(2)19/h3-5H,7-8,19H2,1-2H3,(H,20,21,22). The van der Waals surface area contributed by atoms with E-state index in [4.69, 9.17) is 27.3 Å². The topological polar surface area (TPSA) is 118 Å². The van der Waals surface area contributed by atoms with E-state index in [9.17, 15) is 4.79 Å². The Morgan fingerprint density at radius 1 is 1.52 bits per heavy atom. The minimum atomic E-state index is -0.355. The number of ether oxygens (including phenoxy) is 1. The Balaban J connectivity index is 1.90. The lowest BCUT2D eigenvalue weighted by Gasteiger charge is -2.05. The van der Waals surface area contributed by atoms with Crippen LogP contribution in [0.5, 0.6) is 5.75 Å². The van der Waals surface area contributed by atoms with Crippen molar-refractivity contribution in [3.8, 4) is 11.8 Å². The Morgan fingerprint density at radius 3 is 2.92 bits per heavy atom. The summed E-state index contributed by atoms with van der Waals surface area (Å²) in [4.78, 5) is 16.1. The number of allylic oxidation sites excluding steroid dienone is 2. The normalized spacial score (nSPS) is 11.6. The summed E-state index contributed by atoms with van der Waals surface area (Å²) in [7, 11) is 0. The molecule has 2 aromatic rings. The van der Waals surface area contributed by atoms with Gasteiger partial charge in [-0.2, -0.15) is 5.26 Å². The van der Waals surface area contributed by atoms with Crippen molar-refractivity contribution in [3.63, 3.8) is 0 Å². The highest BCUT2D eigenvalue weighted by Crippen LogP contribution is 2.22. The zero-order valence-corrected chi connectivity index (χ0v) is 15.2. The van der Waals surface area contributed by atoms with Crippen LogP contribution in [0.15, 0.2) is 34.6 Å². The molecule has 3 N–H and O–H groups in total. The maximum atomic E-state index is 11.9. The zero-order chi connectivity index (χ0) is 18.4. The van der Waals surface area contributed by atoms with Gasteiger partial charge in [0.15, 0.2) is 11.6 Å². The van der Waals surface area contributed by atoms with E-state index in [0.29, 0.717) is 21.8 Å². The van der Waals surface area contributed by atoms with Crippen LogP contribution in [0.2, 0.25) is 5.02 Å². The highest BCUT2D eigenvalue weighted by Gasteiger charge is 2.14. The quantitative estimate of drug-likeness (QED) is 0.432. The molecule has 0 aliphatic heterocycles. The summed E-state index contributed by atoms with van der Waals surface area (Å²) in [5, 5.41) is 16.7. The first-order chi connectivity index (χ1) is 11.9. The van der Waals surface area contributed by atoms with Crippen molar-refractivity contribution in [2.75, 3.05) is 5.75 Å². The van der Waals surface area contributed by atoms with Gasteiger partial charge in [0.25, 0.3) is 0 Å². The number of hydrogen-bond donors (Lipinski definition) is 2. The zero-order valence-electron chi connectivity index (χ0n) is 13.7. The molecule has 1 aromatic heterocycles. The first-order valence-corrected chi connectivity index (χ1v) is 8.59. The highest BCUT2D eigenvalue weighted by atomic mass is 35.5. The van der Waals surface area contributed by atoms with Crippen LogP contribution < -0.4 is 10.5 Å². The molecule has 0 spiro atoms. The summed E-state index contributed by atoms with van der Waals surface area (Å²) in [6.45, 7) is 3.61.